The highest BCUT2D eigenvalue weighted by molar-refractivity contribution is 9.10. The van der Waals surface area contributed by atoms with Gasteiger partial charge in [0.2, 0.25) is 0 Å². The van der Waals surface area contributed by atoms with Crippen molar-refractivity contribution in [3.63, 3.8) is 0 Å². The molecule has 1 rings (SSSR count). The summed E-state index contributed by atoms with van der Waals surface area (Å²) < 4.78 is 13.4. The Morgan fingerprint density at radius 1 is 1.44 bits per heavy atom. The average Bonchev–Trinajstić information content (AvgIpc) is 2.62. The highest BCUT2D eigenvalue weighted by atomic mass is 79.9. The maximum atomic E-state index is 6.06. The normalized spacial score (nSPS) is 12.9. The maximum Gasteiger partial charge on any atom is 0.0738 e. The number of nitrogens with two attached hydrogens (primary N) is 1. The zero-order valence-corrected chi connectivity index (χ0v) is 12.9. The summed E-state index contributed by atoms with van der Waals surface area (Å²) in [6.07, 6.45) is 0.752. The van der Waals surface area contributed by atoms with E-state index in [2.05, 4.69) is 28.0 Å². The number of hydrogen-bond donors (Lipinski definition) is 1. The molecule has 1 aromatic heterocycles. The van der Waals surface area contributed by atoms with Crippen LogP contribution in [-0.4, -0.2) is 42.8 Å². The van der Waals surface area contributed by atoms with Crippen molar-refractivity contribution in [1.82, 2.24) is 9.78 Å². The fraction of sp³-hybridized carbons (Fsp3) is 0.750. The lowest BCUT2D eigenvalue weighted by atomic mass is 10.1. The van der Waals surface area contributed by atoms with Gasteiger partial charge in [0.15, 0.2) is 0 Å². The topological polar surface area (TPSA) is 62.3 Å². The monoisotopic (exact) mass is 319 g/mol. The molecule has 0 radical (unpaired) electrons. The molecule has 6 heteroatoms. The summed E-state index contributed by atoms with van der Waals surface area (Å²) in [6, 6.07) is -0.0282. The Labute approximate surface area is 117 Å². The van der Waals surface area contributed by atoms with Crippen LogP contribution in [0.4, 0.5) is 0 Å². The molecule has 0 spiro atoms. The minimum Gasteiger partial charge on any atom is -0.382 e. The molecule has 0 saturated carbocycles. The molecule has 0 fully saturated rings. The van der Waals surface area contributed by atoms with Crippen molar-refractivity contribution in [3.8, 4) is 0 Å². The molecule has 0 aliphatic rings. The van der Waals surface area contributed by atoms with Gasteiger partial charge in [-0.3, -0.25) is 4.68 Å². The minimum absolute atomic E-state index is 0.0282. The fourth-order valence-electron chi connectivity index (χ4n) is 1.75. The molecular formula is C12H22BrN3O2. The Hall–Kier alpha value is -0.430. The van der Waals surface area contributed by atoms with Crippen LogP contribution >= 0.6 is 15.9 Å². The van der Waals surface area contributed by atoms with Gasteiger partial charge in [-0.15, -0.1) is 0 Å². The third-order valence-corrected chi connectivity index (χ3v) is 3.70. The predicted molar refractivity (Wildman–Crippen MR) is 74.7 cm³/mol. The van der Waals surface area contributed by atoms with Gasteiger partial charge in [0.05, 0.1) is 35.7 Å². The molecule has 5 nitrogen and oxygen atoms in total. The van der Waals surface area contributed by atoms with Crippen molar-refractivity contribution in [2.75, 3.05) is 26.9 Å². The Morgan fingerprint density at radius 2 is 2.17 bits per heavy atom. The van der Waals surface area contributed by atoms with Crippen molar-refractivity contribution in [2.24, 2.45) is 5.73 Å². The van der Waals surface area contributed by atoms with Crippen LogP contribution in [0.2, 0.25) is 0 Å². The van der Waals surface area contributed by atoms with E-state index in [0.29, 0.717) is 19.8 Å². The Morgan fingerprint density at radius 3 is 2.78 bits per heavy atom. The van der Waals surface area contributed by atoms with E-state index in [1.807, 2.05) is 11.6 Å². The smallest absolute Gasteiger partial charge is 0.0738 e. The van der Waals surface area contributed by atoms with E-state index in [-0.39, 0.29) is 6.04 Å². The maximum absolute atomic E-state index is 6.06. The van der Waals surface area contributed by atoms with Crippen LogP contribution < -0.4 is 5.73 Å². The molecule has 0 aliphatic heterocycles. The van der Waals surface area contributed by atoms with E-state index in [4.69, 9.17) is 15.2 Å². The largest absolute Gasteiger partial charge is 0.382 e. The number of ether oxygens (including phenoxy) is 2. The van der Waals surface area contributed by atoms with E-state index >= 15 is 0 Å². The summed E-state index contributed by atoms with van der Waals surface area (Å²) >= 11 is 3.56. The molecule has 1 aromatic rings. The number of nitrogens with zero attached hydrogens (tertiary/aromatic N) is 2. The summed E-state index contributed by atoms with van der Waals surface area (Å²) in [5.74, 6) is 0. The lowest BCUT2D eigenvalue weighted by Gasteiger charge is -2.13. The van der Waals surface area contributed by atoms with Crippen LogP contribution in [-0.2, 0) is 22.4 Å². The third kappa shape index (κ3) is 4.35. The first-order chi connectivity index (χ1) is 8.60. The lowest BCUT2D eigenvalue weighted by Crippen LogP contribution is -2.30. The number of hydrogen-bond acceptors (Lipinski definition) is 4. The van der Waals surface area contributed by atoms with Crippen LogP contribution in [0, 0.1) is 6.92 Å². The van der Waals surface area contributed by atoms with Crippen LogP contribution in [0.15, 0.2) is 4.47 Å². The second-order valence-corrected chi connectivity index (χ2v) is 4.99. The number of halogens is 1. The van der Waals surface area contributed by atoms with Gasteiger partial charge in [0, 0.05) is 26.1 Å². The standard InChI is InChI=1S/C12H22BrN3O2/c1-4-16-11(12(13)9(2)15-16)7-10(14)8-18-6-5-17-3/h10H,4-8,14H2,1-3H3. The molecule has 0 saturated heterocycles. The van der Waals surface area contributed by atoms with Crippen LogP contribution in [0.25, 0.3) is 0 Å². The Kier molecular flexibility index (Phi) is 6.85. The van der Waals surface area contributed by atoms with Crippen LogP contribution in [0.1, 0.15) is 18.3 Å². The van der Waals surface area contributed by atoms with E-state index in [1.165, 1.54) is 0 Å². The van der Waals surface area contributed by atoms with Crippen molar-refractivity contribution in [3.05, 3.63) is 15.9 Å². The van der Waals surface area contributed by atoms with Crippen molar-refractivity contribution < 1.29 is 9.47 Å². The molecule has 0 amide bonds. The van der Waals surface area contributed by atoms with Crippen molar-refractivity contribution >= 4 is 15.9 Å². The fourth-order valence-corrected chi connectivity index (χ4v) is 2.19. The molecule has 104 valence electrons. The average molecular weight is 320 g/mol. The van der Waals surface area contributed by atoms with Gasteiger partial charge >= 0.3 is 0 Å². The first-order valence-electron chi connectivity index (χ1n) is 6.14. The summed E-state index contributed by atoms with van der Waals surface area (Å²) in [7, 11) is 1.66. The van der Waals surface area contributed by atoms with E-state index in [0.717, 1.165) is 28.8 Å². The Balaban J connectivity index is 2.50. The van der Waals surface area contributed by atoms with E-state index in [9.17, 15) is 0 Å². The highest BCUT2D eigenvalue weighted by Crippen LogP contribution is 2.22. The molecule has 0 bridgehead atoms. The van der Waals surface area contributed by atoms with Gasteiger partial charge in [-0.05, 0) is 29.8 Å². The zero-order chi connectivity index (χ0) is 13.5. The van der Waals surface area contributed by atoms with Gasteiger partial charge in [-0.1, -0.05) is 0 Å². The first kappa shape index (κ1) is 15.6. The van der Waals surface area contributed by atoms with Crippen molar-refractivity contribution in [2.45, 2.75) is 32.9 Å². The molecule has 18 heavy (non-hydrogen) atoms. The first-order valence-corrected chi connectivity index (χ1v) is 6.93. The van der Waals surface area contributed by atoms with Crippen LogP contribution in [0.5, 0.6) is 0 Å². The number of aromatic nitrogens is 2. The van der Waals surface area contributed by atoms with E-state index in [1.54, 1.807) is 7.11 Å². The second-order valence-electron chi connectivity index (χ2n) is 4.19. The highest BCUT2D eigenvalue weighted by Gasteiger charge is 2.15. The summed E-state index contributed by atoms with van der Waals surface area (Å²) in [6.45, 7) is 6.62. The summed E-state index contributed by atoms with van der Waals surface area (Å²) in [5, 5.41) is 4.44. The molecule has 1 unspecified atom stereocenters. The van der Waals surface area contributed by atoms with Gasteiger partial charge in [-0.25, -0.2) is 0 Å². The predicted octanol–water partition coefficient (Wildman–Crippen LogP) is 1.51. The van der Waals surface area contributed by atoms with Crippen molar-refractivity contribution in [1.29, 1.82) is 0 Å². The quantitative estimate of drug-likeness (QED) is 0.738. The molecule has 1 heterocycles. The second kappa shape index (κ2) is 7.89. The number of methoxy groups -OCH3 is 1. The summed E-state index contributed by atoms with van der Waals surface area (Å²) in [5.41, 5.74) is 8.20. The number of rotatable bonds is 8. The molecule has 0 aromatic carbocycles. The van der Waals surface area contributed by atoms with Gasteiger partial charge < -0.3 is 15.2 Å². The van der Waals surface area contributed by atoms with Gasteiger partial charge in [0.25, 0.3) is 0 Å². The molecule has 2 N–H and O–H groups in total. The lowest BCUT2D eigenvalue weighted by molar-refractivity contribution is 0.0634. The Bertz CT molecular complexity index is 368. The van der Waals surface area contributed by atoms with Gasteiger partial charge in [0.1, 0.15) is 0 Å². The molecule has 0 aliphatic carbocycles. The zero-order valence-electron chi connectivity index (χ0n) is 11.3. The summed E-state index contributed by atoms with van der Waals surface area (Å²) in [4.78, 5) is 0. The van der Waals surface area contributed by atoms with Crippen LogP contribution in [0.3, 0.4) is 0 Å². The molecule has 1 atom stereocenters. The van der Waals surface area contributed by atoms with E-state index < -0.39 is 0 Å². The molecular weight excluding hydrogens is 298 g/mol. The third-order valence-electron chi connectivity index (χ3n) is 2.67. The van der Waals surface area contributed by atoms with Gasteiger partial charge in [-0.2, -0.15) is 5.10 Å². The number of aryl methyl sites for hydroxylation is 2. The SMILES string of the molecule is CCn1nc(C)c(Br)c1CC(N)COCCOC. The minimum atomic E-state index is -0.0282.